The predicted octanol–water partition coefficient (Wildman–Crippen LogP) is 3.86. The molecule has 15 heavy (non-hydrogen) atoms. The van der Waals surface area contributed by atoms with Crippen molar-refractivity contribution in [2.45, 2.75) is 58.3 Å². The van der Waals surface area contributed by atoms with E-state index in [1.807, 2.05) is 0 Å². The van der Waals surface area contributed by atoms with E-state index in [4.69, 9.17) is 0 Å². The summed E-state index contributed by atoms with van der Waals surface area (Å²) in [7, 11) is 0. The van der Waals surface area contributed by atoms with Gasteiger partial charge in [0.1, 0.15) is 0 Å². The number of carbonyl (C=O) groups excluding carboxylic acids is 1. The van der Waals surface area contributed by atoms with Gasteiger partial charge < -0.3 is 4.74 Å². The van der Waals surface area contributed by atoms with Crippen LogP contribution in [0.1, 0.15) is 58.3 Å². The molecule has 0 heterocycles. The van der Waals surface area contributed by atoms with Crippen LogP contribution in [-0.2, 0) is 9.53 Å². The molecule has 0 atom stereocenters. The van der Waals surface area contributed by atoms with Gasteiger partial charge in [-0.3, -0.25) is 4.79 Å². The molecule has 0 spiro atoms. The second kappa shape index (κ2) is 13.2. The van der Waals surface area contributed by atoms with Crippen molar-refractivity contribution < 1.29 is 9.53 Å². The zero-order valence-electron chi connectivity index (χ0n) is 9.91. The minimum Gasteiger partial charge on any atom is -0.468 e. The fourth-order valence-corrected chi connectivity index (χ4v) is 1.42. The van der Waals surface area contributed by atoms with Crippen LogP contribution in [0.2, 0.25) is 0 Å². The second-order valence-corrected chi connectivity index (χ2v) is 3.78. The first-order valence-corrected chi connectivity index (χ1v) is 6.12. The number of unbranched alkanes of at least 4 members (excludes halogenated alkanes) is 6. The third-order valence-corrected chi connectivity index (χ3v) is 2.34. The lowest BCUT2D eigenvalue weighted by atomic mass is 10.1. The average molecular weight is 212 g/mol. The van der Waals surface area contributed by atoms with Crippen molar-refractivity contribution >= 4 is 6.47 Å². The molecule has 0 rings (SSSR count). The van der Waals surface area contributed by atoms with Gasteiger partial charge in [-0.15, -0.1) is 0 Å². The van der Waals surface area contributed by atoms with Crippen LogP contribution in [0, 0.1) is 0 Å². The lowest BCUT2D eigenvalue weighted by Crippen LogP contribution is -1.90. The van der Waals surface area contributed by atoms with E-state index in [1.165, 1.54) is 32.1 Å². The van der Waals surface area contributed by atoms with Gasteiger partial charge >= 0.3 is 0 Å². The van der Waals surface area contributed by atoms with E-state index >= 15 is 0 Å². The molecule has 0 bridgehead atoms. The van der Waals surface area contributed by atoms with E-state index in [-0.39, 0.29) is 0 Å². The fourth-order valence-electron chi connectivity index (χ4n) is 1.42. The zero-order chi connectivity index (χ0) is 11.2. The predicted molar refractivity (Wildman–Crippen MR) is 63.8 cm³/mol. The van der Waals surface area contributed by atoms with Crippen LogP contribution in [0.25, 0.3) is 0 Å². The minimum atomic E-state index is 0.521. The third kappa shape index (κ3) is 13.2. The summed E-state index contributed by atoms with van der Waals surface area (Å²) < 4.78 is 4.61. The summed E-state index contributed by atoms with van der Waals surface area (Å²) in [6, 6.07) is 0. The molecule has 2 heteroatoms. The maximum Gasteiger partial charge on any atom is 0.293 e. The first-order valence-electron chi connectivity index (χ1n) is 6.12. The van der Waals surface area contributed by atoms with E-state index < -0.39 is 0 Å². The summed E-state index contributed by atoms with van der Waals surface area (Å²) in [6.07, 6.45) is 14.2. The molecule has 0 aromatic heterocycles. The van der Waals surface area contributed by atoms with Gasteiger partial charge in [-0.25, -0.2) is 0 Å². The molecule has 0 aromatic rings. The van der Waals surface area contributed by atoms with Crippen molar-refractivity contribution in [2.24, 2.45) is 0 Å². The average Bonchev–Trinajstić information content (AvgIpc) is 2.26. The van der Waals surface area contributed by atoms with Crippen LogP contribution in [0.4, 0.5) is 0 Å². The molecule has 0 amide bonds. The Balaban J connectivity index is 2.99. The number of hydrogen-bond acceptors (Lipinski definition) is 2. The molecule has 0 aromatic carbocycles. The maximum absolute atomic E-state index is 9.83. The lowest BCUT2D eigenvalue weighted by molar-refractivity contribution is -0.128. The molecule has 0 aliphatic carbocycles. The van der Waals surface area contributed by atoms with Gasteiger partial charge in [-0.2, -0.15) is 0 Å². The summed E-state index contributed by atoms with van der Waals surface area (Å²) in [4.78, 5) is 9.83. The van der Waals surface area contributed by atoms with Crippen molar-refractivity contribution in [1.29, 1.82) is 0 Å². The number of carbonyl (C=O) groups is 1. The smallest absolute Gasteiger partial charge is 0.293 e. The van der Waals surface area contributed by atoms with Gasteiger partial charge in [0.15, 0.2) is 0 Å². The van der Waals surface area contributed by atoms with Gasteiger partial charge in [-0.1, -0.05) is 31.9 Å². The van der Waals surface area contributed by atoms with Crippen LogP contribution in [-0.4, -0.2) is 13.1 Å². The molecule has 0 fully saturated rings. The normalized spacial score (nSPS) is 10.7. The maximum atomic E-state index is 9.83. The molecule has 0 saturated carbocycles. The third-order valence-electron chi connectivity index (χ3n) is 2.34. The van der Waals surface area contributed by atoms with Gasteiger partial charge in [0.05, 0.1) is 6.61 Å². The highest BCUT2D eigenvalue weighted by Gasteiger charge is 1.87. The highest BCUT2D eigenvalue weighted by Crippen LogP contribution is 2.03. The standard InChI is InChI=1S/C13H24O2/c1-2-3-4-5-6-7-8-9-10-11-12-15-13-14/h6-7,13H,2-5,8-12H2,1H3/b7-6-. The van der Waals surface area contributed by atoms with Crippen LogP contribution in [0.3, 0.4) is 0 Å². The van der Waals surface area contributed by atoms with Gasteiger partial charge in [0.25, 0.3) is 6.47 Å². The Morgan fingerprint density at radius 2 is 1.60 bits per heavy atom. The molecular formula is C13H24O2. The Kier molecular flexibility index (Phi) is 12.5. The fraction of sp³-hybridized carbons (Fsp3) is 0.769. The quantitative estimate of drug-likeness (QED) is 0.295. The second-order valence-electron chi connectivity index (χ2n) is 3.78. The van der Waals surface area contributed by atoms with Crippen molar-refractivity contribution in [3.63, 3.8) is 0 Å². The molecule has 0 aliphatic heterocycles. The Morgan fingerprint density at radius 3 is 2.20 bits per heavy atom. The summed E-state index contributed by atoms with van der Waals surface area (Å²) in [5.41, 5.74) is 0. The van der Waals surface area contributed by atoms with Crippen molar-refractivity contribution in [3.05, 3.63) is 12.2 Å². The molecule has 0 aliphatic rings. The highest BCUT2D eigenvalue weighted by molar-refractivity contribution is 5.36. The molecule has 0 unspecified atom stereocenters. The Hall–Kier alpha value is -0.790. The summed E-state index contributed by atoms with van der Waals surface area (Å²) in [6.45, 7) is 3.32. The van der Waals surface area contributed by atoms with E-state index in [1.54, 1.807) is 0 Å². The van der Waals surface area contributed by atoms with Gasteiger partial charge in [0, 0.05) is 0 Å². The monoisotopic (exact) mass is 212 g/mol. The lowest BCUT2D eigenvalue weighted by Gasteiger charge is -1.97. The number of ether oxygens (including phenoxy) is 1. The van der Waals surface area contributed by atoms with Gasteiger partial charge in [0.2, 0.25) is 0 Å². The zero-order valence-corrected chi connectivity index (χ0v) is 9.91. The Morgan fingerprint density at radius 1 is 0.933 bits per heavy atom. The SMILES string of the molecule is CCCCC/C=C\CCCCCOC=O. The molecule has 0 radical (unpaired) electrons. The van der Waals surface area contributed by atoms with Crippen molar-refractivity contribution in [2.75, 3.05) is 6.61 Å². The number of allylic oxidation sites excluding steroid dienone is 2. The van der Waals surface area contributed by atoms with Crippen LogP contribution in [0.15, 0.2) is 12.2 Å². The highest BCUT2D eigenvalue weighted by atomic mass is 16.5. The number of hydrogen-bond donors (Lipinski definition) is 0. The minimum absolute atomic E-state index is 0.521. The van der Waals surface area contributed by atoms with Crippen molar-refractivity contribution in [3.8, 4) is 0 Å². The molecule has 0 saturated heterocycles. The van der Waals surface area contributed by atoms with Crippen LogP contribution >= 0.6 is 0 Å². The summed E-state index contributed by atoms with van der Waals surface area (Å²) in [5.74, 6) is 0. The van der Waals surface area contributed by atoms with E-state index in [9.17, 15) is 4.79 Å². The molecule has 88 valence electrons. The van der Waals surface area contributed by atoms with Crippen LogP contribution < -0.4 is 0 Å². The first kappa shape index (κ1) is 14.2. The number of rotatable bonds is 11. The summed E-state index contributed by atoms with van der Waals surface area (Å²) >= 11 is 0. The van der Waals surface area contributed by atoms with Gasteiger partial charge in [-0.05, 0) is 38.5 Å². The van der Waals surface area contributed by atoms with Crippen molar-refractivity contribution in [1.82, 2.24) is 0 Å². The summed E-state index contributed by atoms with van der Waals surface area (Å²) in [5, 5.41) is 0. The molecule has 0 N–H and O–H groups in total. The van der Waals surface area contributed by atoms with E-state index in [2.05, 4.69) is 23.8 Å². The molecular weight excluding hydrogens is 188 g/mol. The van der Waals surface area contributed by atoms with E-state index in [0.29, 0.717) is 13.1 Å². The topological polar surface area (TPSA) is 26.3 Å². The Labute approximate surface area is 93.7 Å². The first-order chi connectivity index (χ1) is 7.41. The molecule has 2 nitrogen and oxygen atoms in total. The largest absolute Gasteiger partial charge is 0.468 e. The van der Waals surface area contributed by atoms with Crippen LogP contribution in [0.5, 0.6) is 0 Å². The van der Waals surface area contributed by atoms with E-state index in [0.717, 1.165) is 19.3 Å². The Bertz CT molecular complexity index is 153.